The van der Waals surface area contributed by atoms with E-state index in [2.05, 4.69) is 0 Å². The Bertz CT molecular complexity index is 550. The van der Waals surface area contributed by atoms with Crippen molar-refractivity contribution in [1.29, 1.82) is 0 Å². The number of rotatable bonds is 3. The summed E-state index contributed by atoms with van der Waals surface area (Å²) in [7, 11) is 1.61. The monoisotopic (exact) mass is 246 g/mol. The van der Waals surface area contributed by atoms with Crippen LogP contribution in [0.25, 0.3) is 11.1 Å². The maximum atomic E-state index is 10.8. The van der Waals surface area contributed by atoms with Gasteiger partial charge in [0.15, 0.2) is 0 Å². The maximum absolute atomic E-state index is 10.8. The molecule has 86 valence electrons. The fourth-order valence-electron chi connectivity index (χ4n) is 1.63. The van der Waals surface area contributed by atoms with Gasteiger partial charge < -0.3 is 4.74 Å². The number of halogens is 1. The molecule has 0 unspecified atom stereocenters. The number of benzene rings is 2. The summed E-state index contributed by atoms with van der Waals surface area (Å²) < 4.78 is 5.16. The molecule has 0 saturated carbocycles. The summed E-state index contributed by atoms with van der Waals surface area (Å²) in [4.78, 5) is 10.8. The molecule has 0 amide bonds. The molecule has 3 heteroatoms. The molecule has 2 aromatic carbocycles. The molecule has 0 aliphatic rings. The average molecular weight is 247 g/mol. The van der Waals surface area contributed by atoms with Crippen LogP contribution in [0.5, 0.6) is 5.75 Å². The normalized spacial score (nSPS) is 10.0. The first kappa shape index (κ1) is 11.7. The molecule has 0 heterocycles. The lowest BCUT2D eigenvalue weighted by molar-refractivity contribution is 0.112. The smallest absolute Gasteiger partial charge is 0.150 e. The number of carbonyl (C=O) groups excluding carboxylic acids is 1. The van der Waals surface area contributed by atoms with Crippen LogP contribution < -0.4 is 4.74 Å². The largest absolute Gasteiger partial charge is 0.497 e. The third-order valence-electron chi connectivity index (χ3n) is 2.51. The number of methoxy groups -OCH3 is 1. The van der Waals surface area contributed by atoms with Gasteiger partial charge in [0.25, 0.3) is 0 Å². The summed E-state index contributed by atoms with van der Waals surface area (Å²) in [5.74, 6) is 0.759. The van der Waals surface area contributed by atoms with Crippen molar-refractivity contribution >= 4 is 17.9 Å². The first-order valence-electron chi connectivity index (χ1n) is 5.14. The summed E-state index contributed by atoms with van der Waals surface area (Å²) in [6.07, 6.45) is 0.806. The van der Waals surface area contributed by atoms with Gasteiger partial charge in [-0.25, -0.2) is 0 Å². The standard InChI is InChI=1S/C14H11ClO2/c1-17-12-4-2-3-11(8-12)13-7-10(9-16)5-6-14(13)15/h2-9H,1H3. The van der Waals surface area contributed by atoms with E-state index in [4.69, 9.17) is 16.3 Å². The molecule has 2 rings (SSSR count). The van der Waals surface area contributed by atoms with Crippen molar-refractivity contribution in [2.45, 2.75) is 0 Å². The third-order valence-corrected chi connectivity index (χ3v) is 2.84. The third kappa shape index (κ3) is 2.48. The van der Waals surface area contributed by atoms with Crippen LogP contribution >= 0.6 is 11.6 Å². The van der Waals surface area contributed by atoms with Gasteiger partial charge in [-0.1, -0.05) is 29.8 Å². The number of hydrogen-bond donors (Lipinski definition) is 0. The molecule has 0 spiro atoms. The van der Waals surface area contributed by atoms with Gasteiger partial charge in [-0.05, 0) is 29.8 Å². The fourth-order valence-corrected chi connectivity index (χ4v) is 1.85. The Balaban J connectivity index is 2.54. The van der Waals surface area contributed by atoms with Gasteiger partial charge in [0.05, 0.1) is 7.11 Å². The van der Waals surface area contributed by atoms with Gasteiger partial charge >= 0.3 is 0 Å². The predicted octanol–water partition coefficient (Wildman–Crippen LogP) is 3.83. The molecule has 0 aliphatic heterocycles. The lowest BCUT2D eigenvalue weighted by Crippen LogP contribution is -1.86. The van der Waals surface area contributed by atoms with Gasteiger partial charge in [0.2, 0.25) is 0 Å². The molecular weight excluding hydrogens is 236 g/mol. The number of ether oxygens (including phenoxy) is 1. The molecule has 0 bridgehead atoms. The fraction of sp³-hybridized carbons (Fsp3) is 0.0714. The highest BCUT2D eigenvalue weighted by Crippen LogP contribution is 2.30. The average Bonchev–Trinajstić information content (AvgIpc) is 2.39. The van der Waals surface area contributed by atoms with E-state index in [1.54, 1.807) is 25.3 Å². The van der Waals surface area contributed by atoms with Crippen LogP contribution in [0.1, 0.15) is 10.4 Å². The minimum absolute atomic E-state index is 0.604. The Labute approximate surface area is 105 Å². The van der Waals surface area contributed by atoms with Crippen LogP contribution in [-0.2, 0) is 0 Å². The molecule has 0 N–H and O–H groups in total. The number of hydrogen-bond acceptors (Lipinski definition) is 2. The molecule has 0 aromatic heterocycles. The van der Waals surface area contributed by atoms with E-state index in [1.165, 1.54) is 0 Å². The number of carbonyl (C=O) groups is 1. The second kappa shape index (κ2) is 5.02. The molecule has 2 aromatic rings. The van der Waals surface area contributed by atoms with Crippen LogP contribution in [0.15, 0.2) is 42.5 Å². The van der Waals surface area contributed by atoms with E-state index < -0.39 is 0 Å². The topological polar surface area (TPSA) is 26.3 Å². The SMILES string of the molecule is COc1cccc(-c2cc(C=O)ccc2Cl)c1. The van der Waals surface area contributed by atoms with Crippen LogP contribution in [0.2, 0.25) is 5.02 Å². The highest BCUT2D eigenvalue weighted by molar-refractivity contribution is 6.33. The summed E-state index contributed by atoms with van der Waals surface area (Å²) in [5, 5.41) is 0.615. The summed E-state index contributed by atoms with van der Waals surface area (Å²) in [5.41, 5.74) is 2.36. The minimum Gasteiger partial charge on any atom is -0.497 e. The Kier molecular flexibility index (Phi) is 3.45. The molecule has 0 fully saturated rings. The van der Waals surface area contributed by atoms with Crippen molar-refractivity contribution in [3.05, 3.63) is 53.1 Å². The van der Waals surface area contributed by atoms with Crippen molar-refractivity contribution in [3.8, 4) is 16.9 Å². The van der Waals surface area contributed by atoms with Gasteiger partial charge in [0.1, 0.15) is 12.0 Å². The zero-order chi connectivity index (χ0) is 12.3. The van der Waals surface area contributed by atoms with E-state index >= 15 is 0 Å². The van der Waals surface area contributed by atoms with Crippen LogP contribution in [0.4, 0.5) is 0 Å². The zero-order valence-electron chi connectivity index (χ0n) is 9.31. The lowest BCUT2D eigenvalue weighted by atomic mass is 10.0. The van der Waals surface area contributed by atoms with E-state index in [1.807, 2.05) is 24.3 Å². The van der Waals surface area contributed by atoms with E-state index in [-0.39, 0.29) is 0 Å². The molecule has 0 saturated heterocycles. The van der Waals surface area contributed by atoms with Crippen molar-refractivity contribution < 1.29 is 9.53 Å². The van der Waals surface area contributed by atoms with E-state index in [0.29, 0.717) is 10.6 Å². The van der Waals surface area contributed by atoms with Gasteiger partial charge in [0, 0.05) is 16.1 Å². The second-order valence-electron chi connectivity index (χ2n) is 3.59. The van der Waals surface area contributed by atoms with Crippen LogP contribution in [-0.4, -0.2) is 13.4 Å². The van der Waals surface area contributed by atoms with Crippen molar-refractivity contribution in [2.75, 3.05) is 7.11 Å². The summed E-state index contributed by atoms with van der Waals surface area (Å²) in [6, 6.07) is 12.7. The Morgan fingerprint density at radius 1 is 1.18 bits per heavy atom. The van der Waals surface area contributed by atoms with Gasteiger partial charge in [-0.3, -0.25) is 4.79 Å². The summed E-state index contributed by atoms with van der Waals surface area (Å²) in [6.45, 7) is 0. The molecule has 17 heavy (non-hydrogen) atoms. The van der Waals surface area contributed by atoms with Crippen LogP contribution in [0.3, 0.4) is 0 Å². The van der Waals surface area contributed by atoms with Crippen molar-refractivity contribution in [1.82, 2.24) is 0 Å². The van der Waals surface area contributed by atoms with Crippen molar-refractivity contribution in [3.63, 3.8) is 0 Å². The minimum atomic E-state index is 0.604. The predicted molar refractivity (Wildman–Crippen MR) is 68.8 cm³/mol. The lowest BCUT2D eigenvalue weighted by Gasteiger charge is -2.07. The Morgan fingerprint density at radius 2 is 2.00 bits per heavy atom. The Hall–Kier alpha value is -1.80. The van der Waals surface area contributed by atoms with Crippen molar-refractivity contribution in [2.24, 2.45) is 0 Å². The first-order chi connectivity index (χ1) is 8.24. The highest BCUT2D eigenvalue weighted by atomic mass is 35.5. The van der Waals surface area contributed by atoms with E-state index in [9.17, 15) is 4.79 Å². The Morgan fingerprint density at radius 3 is 2.71 bits per heavy atom. The second-order valence-corrected chi connectivity index (χ2v) is 4.00. The molecule has 0 atom stereocenters. The summed E-state index contributed by atoms with van der Waals surface area (Å²) >= 11 is 6.13. The van der Waals surface area contributed by atoms with E-state index in [0.717, 1.165) is 23.2 Å². The maximum Gasteiger partial charge on any atom is 0.150 e. The number of aldehydes is 1. The highest BCUT2D eigenvalue weighted by Gasteiger charge is 2.05. The molecule has 2 nitrogen and oxygen atoms in total. The van der Waals surface area contributed by atoms with Gasteiger partial charge in [-0.2, -0.15) is 0 Å². The molecular formula is C14H11ClO2. The van der Waals surface area contributed by atoms with Crippen LogP contribution in [0, 0.1) is 0 Å². The zero-order valence-corrected chi connectivity index (χ0v) is 10.1. The quantitative estimate of drug-likeness (QED) is 0.770. The molecule has 0 radical (unpaired) electrons. The van der Waals surface area contributed by atoms with Gasteiger partial charge in [-0.15, -0.1) is 0 Å². The molecule has 0 aliphatic carbocycles. The first-order valence-corrected chi connectivity index (χ1v) is 5.51.